The van der Waals surface area contributed by atoms with Crippen LogP contribution in [0.4, 0.5) is 10.1 Å². The van der Waals surface area contributed by atoms with Crippen LogP contribution in [-0.2, 0) is 10.2 Å². The van der Waals surface area contributed by atoms with Gasteiger partial charge in [-0.15, -0.1) is 0 Å². The van der Waals surface area contributed by atoms with Crippen LogP contribution in [0, 0.1) is 5.82 Å². The van der Waals surface area contributed by atoms with Gasteiger partial charge in [0.15, 0.2) is 0 Å². The van der Waals surface area contributed by atoms with Gasteiger partial charge in [-0.05, 0) is 59.0 Å². The molecule has 0 spiro atoms. The van der Waals surface area contributed by atoms with Gasteiger partial charge in [0.1, 0.15) is 12.4 Å². The number of hydrogen-bond donors (Lipinski definition) is 1. The summed E-state index contributed by atoms with van der Waals surface area (Å²) in [5, 5.41) is 3.34. The Hall–Kier alpha value is -3.18. The average Bonchev–Trinajstić information content (AvgIpc) is 2.89. The van der Waals surface area contributed by atoms with E-state index in [1.165, 1.54) is 17.0 Å². The minimum absolute atomic E-state index is 0.0452. The molecule has 0 saturated carbocycles. The number of rotatable bonds is 2. The predicted octanol–water partition coefficient (Wildman–Crippen LogP) is 5.96. The number of fused-ring (bicyclic) bond motifs is 1. The molecular formula is C26H24ClFN2O2. The van der Waals surface area contributed by atoms with Crippen molar-refractivity contribution in [3.05, 3.63) is 99.8 Å². The number of anilines is 1. The van der Waals surface area contributed by atoms with Gasteiger partial charge in [-0.25, -0.2) is 4.39 Å². The zero-order valence-corrected chi connectivity index (χ0v) is 18.9. The summed E-state index contributed by atoms with van der Waals surface area (Å²) in [6.45, 7) is 6.17. The first kappa shape index (κ1) is 22.0. The third kappa shape index (κ3) is 4.39. The molecule has 164 valence electrons. The molecule has 1 aliphatic rings. The number of carbonyl (C=O) groups is 2. The largest absolute Gasteiger partial charge is 0.324 e. The average molecular weight is 451 g/mol. The molecule has 0 fully saturated rings. The van der Waals surface area contributed by atoms with Gasteiger partial charge < -0.3 is 10.2 Å². The second-order valence-corrected chi connectivity index (χ2v) is 9.43. The highest BCUT2D eigenvalue weighted by Gasteiger charge is 2.34. The first-order valence-corrected chi connectivity index (χ1v) is 10.8. The minimum Gasteiger partial charge on any atom is -0.324 e. The fraction of sp³-hybridized carbons (Fsp3) is 0.231. The Kier molecular flexibility index (Phi) is 5.78. The lowest BCUT2D eigenvalue weighted by atomic mass is 9.86. The van der Waals surface area contributed by atoms with Crippen LogP contribution in [0.3, 0.4) is 0 Å². The number of hydrogen-bond acceptors (Lipinski definition) is 2. The fourth-order valence-corrected chi connectivity index (χ4v) is 4.13. The molecule has 0 saturated heterocycles. The molecule has 0 aliphatic carbocycles. The topological polar surface area (TPSA) is 49.4 Å². The summed E-state index contributed by atoms with van der Waals surface area (Å²) in [5.41, 5.74) is 3.47. The van der Waals surface area contributed by atoms with Crippen molar-refractivity contribution >= 4 is 29.1 Å². The van der Waals surface area contributed by atoms with Gasteiger partial charge in [0.25, 0.3) is 5.91 Å². The fourth-order valence-electron chi connectivity index (χ4n) is 3.95. The zero-order valence-electron chi connectivity index (χ0n) is 18.2. The lowest BCUT2D eigenvalue weighted by Gasteiger charge is -2.31. The Morgan fingerprint density at radius 1 is 1.03 bits per heavy atom. The summed E-state index contributed by atoms with van der Waals surface area (Å²) in [4.78, 5) is 27.8. The van der Waals surface area contributed by atoms with Gasteiger partial charge in [0.2, 0.25) is 5.91 Å². The maximum absolute atomic E-state index is 13.6. The number of benzene rings is 3. The minimum atomic E-state index is -0.613. The van der Waals surface area contributed by atoms with Gasteiger partial charge in [-0.1, -0.05) is 56.6 Å². The molecule has 4 rings (SSSR count). The van der Waals surface area contributed by atoms with Crippen LogP contribution in [0.25, 0.3) is 0 Å². The summed E-state index contributed by atoms with van der Waals surface area (Å²) in [6.07, 6.45) is 0. The van der Waals surface area contributed by atoms with E-state index in [1.807, 2.05) is 12.1 Å². The van der Waals surface area contributed by atoms with Crippen molar-refractivity contribution in [3.63, 3.8) is 0 Å². The Labute approximate surface area is 192 Å². The molecule has 0 unspecified atom stereocenters. The van der Waals surface area contributed by atoms with Crippen LogP contribution in [0.1, 0.15) is 53.9 Å². The quantitative estimate of drug-likeness (QED) is 0.523. The molecule has 0 radical (unpaired) electrons. The Morgan fingerprint density at radius 2 is 1.69 bits per heavy atom. The Balaban J connectivity index is 1.83. The molecular weight excluding hydrogens is 427 g/mol. The number of carbonyl (C=O) groups excluding carboxylic acids is 2. The third-order valence-corrected chi connectivity index (χ3v) is 5.89. The predicted molar refractivity (Wildman–Crippen MR) is 125 cm³/mol. The van der Waals surface area contributed by atoms with E-state index in [-0.39, 0.29) is 29.6 Å². The molecule has 1 N–H and O–H groups in total. The first-order valence-electron chi connectivity index (χ1n) is 10.4. The SMILES string of the molecule is CC(C)(C)c1ccc(C(=O)N2CC(=O)Nc3ccc(Cl)cc3[C@@H]2c2ccc(F)cc2)cc1. The molecule has 0 aromatic heterocycles. The van der Waals surface area contributed by atoms with E-state index < -0.39 is 6.04 Å². The van der Waals surface area contributed by atoms with Crippen LogP contribution in [-0.4, -0.2) is 23.3 Å². The van der Waals surface area contributed by atoms with Crippen LogP contribution in [0.5, 0.6) is 0 Å². The lowest BCUT2D eigenvalue weighted by molar-refractivity contribution is -0.117. The molecule has 1 atom stereocenters. The molecule has 3 aromatic carbocycles. The number of amides is 2. The molecule has 2 amide bonds. The second kappa shape index (κ2) is 8.40. The third-order valence-electron chi connectivity index (χ3n) is 5.65. The van der Waals surface area contributed by atoms with E-state index >= 15 is 0 Å². The molecule has 3 aromatic rings. The summed E-state index contributed by atoms with van der Waals surface area (Å²) < 4.78 is 13.6. The number of halogens is 2. The molecule has 32 heavy (non-hydrogen) atoms. The van der Waals surface area contributed by atoms with E-state index in [0.717, 1.165) is 5.56 Å². The maximum Gasteiger partial charge on any atom is 0.255 e. The zero-order chi connectivity index (χ0) is 23.0. The Morgan fingerprint density at radius 3 is 2.31 bits per heavy atom. The number of nitrogens with zero attached hydrogens (tertiary/aromatic N) is 1. The molecule has 1 aliphatic heterocycles. The van der Waals surface area contributed by atoms with Crippen molar-refractivity contribution in [2.45, 2.75) is 32.2 Å². The lowest BCUT2D eigenvalue weighted by Crippen LogP contribution is -2.39. The van der Waals surface area contributed by atoms with Gasteiger partial charge in [0.05, 0.1) is 6.04 Å². The highest BCUT2D eigenvalue weighted by molar-refractivity contribution is 6.30. The van der Waals surface area contributed by atoms with Crippen LogP contribution in [0.15, 0.2) is 66.7 Å². The van der Waals surface area contributed by atoms with E-state index in [0.29, 0.717) is 27.4 Å². The molecule has 6 heteroatoms. The summed E-state index contributed by atoms with van der Waals surface area (Å²) in [5.74, 6) is -0.973. The summed E-state index contributed by atoms with van der Waals surface area (Å²) in [6, 6.07) is 17.9. The van der Waals surface area contributed by atoms with E-state index in [2.05, 4.69) is 26.1 Å². The standard InChI is InChI=1S/C26H24ClFN2O2/c1-26(2,3)18-8-4-17(5-9-18)25(32)30-15-23(31)29-22-13-10-19(27)14-21(22)24(30)16-6-11-20(28)12-7-16/h4-14,24H,15H2,1-3H3,(H,29,31)/t24-/m0/s1. The smallest absolute Gasteiger partial charge is 0.255 e. The van der Waals surface area contributed by atoms with Crippen molar-refractivity contribution in [2.24, 2.45) is 0 Å². The van der Waals surface area contributed by atoms with E-state index in [1.54, 1.807) is 42.5 Å². The van der Waals surface area contributed by atoms with Crippen molar-refractivity contribution in [3.8, 4) is 0 Å². The van der Waals surface area contributed by atoms with Gasteiger partial charge >= 0.3 is 0 Å². The van der Waals surface area contributed by atoms with E-state index in [9.17, 15) is 14.0 Å². The molecule has 4 nitrogen and oxygen atoms in total. The van der Waals surface area contributed by atoms with Crippen molar-refractivity contribution < 1.29 is 14.0 Å². The Bertz CT molecular complexity index is 1170. The van der Waals surface area contributed by atoms with Crippen LogP contribution < -0.4 is 5.32 Å². The first-order chi connectivity index (χ1) is 15.1. The van der Waals surface area contributed by atoms with Crippen LogP contribution in [0.2, 0.25) is 5.02 Å². The highest BCUT2D eigenvalue weighted by Crippen LogP contribution is 2.38. The summed E-state index contributed by atoms with van der Waals surface area (Å²) in [7, 11) is 0. The molecule has 0 bridgehead atoms. The molecule has 1 heterocycles. The van der Waals surface area contributed by atoms with E-state index in [4.69, 9.17) is 11.6 Å². The second-order valence-electron chi connectivity index (χ2n) is 8.99. The highest BCUT2D eigenvalue weighted by atomic mass is 35.5. The number of nitrogens with one attached hydrogen (secondary N) is 1. The normalized spacial score (nSPS) is 16.2. The monoisotopic (exact) mass is 450 g/mol. The van der Waals surface area contributed by atoms with Crippen molar-refractivity contribution in [1.82, 2.24) is 4.90 Å². The van der Waals surface area contributed by atoms with Crippen LogP contribution >= 0.6 is 11.6 Å². The van der Waals surface area contributed by atoms with Gasteiger partial charge in [-0.2, -0.15) is 0 Å². The summed E-state index contributed by atoms with van der Waals surface area (Å²) >= 11 is 6.27. The maximum atomic E-state index is 13.6. The van der Waals surface area contributed by atoms with Gasteiger partial charge in [0, 0.05) is 21.8 Å². The van der Waals surface area contributed by atoms with Crippen molar-refractivity contribution in [1.29, 1.82) is 0 Å². The van der Waals surface area contributed by atoms with Gasteiger partial charge in [-0.3, -0.25) is 9.59 Å². The van der Waals surface area contributed by atoms with Crippen molar-refractivity contribution in [2.75, 3.05) is 11.9 Å².